The number of aliphatic hydroxyl groups excluding tert-OH is 1. The van der Waals surface area contributed by atoms with Crippen LogP contribution in [0.5, 0.6) is 5.75 Å². The molecule has 194 valence electrons. The molecular weight excluding hydrogens is 488 g/mol. The minimum absolute atomic E-state index is 0.114. The summed E-state index contributed by atoms with van der Waals surface area (Å²) < 4.78 is 39.3. The zero-order chi connectivity index (χ0) is 25.5. The molecule has 1 aromatic carbocycles. The van der Waals surface area contributed by atoms with Crippen LogP contribution in [0, 0.1) is 0 Å². The Labute approximate surface area is 209 Å². The highest BCUT2D eigenvalue weighted by atomic mass is 32.2. The number of alkyl carbamates (subject to hydrolysis) is 1. The number of ether oxygens (including phenoxy) is 2. The molecule has 1 saturated carbocycles. The van der Waals surface area contributed by atoms with Gasteiger partial charge in [0, 0.05) is 31.2 Å². The van der Waals surface area contributed by atoms with Gasteiger partial charge in [-0.3, -0.25) is 0 Å². The maximum absolute atomic E-state index is 12.6. The molecule has 0 radical (unpaired) electrons. The average Bonchev–Trinajstić information content (AvgIpc) is 3.27. The molecule has 6 rings (SSSR count). The molecule has 3 atom stereocenters. The first-order chi connectivity index (χ1) is 17.1. The maximum Gasteiger partial charge on any atom is 0.407 e. The molecule has 13 heteroatoms. The Kier molecular flexibility index (Phi) is 6.39. The van der Waals surface area contributed by atoms with Crippen LogP contribution >= 0.6 is 0 Å². The number of benzene rings is 1. The standard InChI is InChI=1S/C23H30N6O6S/c1-23(2)20(30)29-15-6-7-16(12-15)34-22(31)24-10-3-11-26-36(32,33)17-8-4-14(5-9-17)27-21-25-13-18(35-23)19(29)28-21/h4-5,8-9,13,15-16,20,26,30H,3,6-7,10-12H2,1-2H3,(H,24,31)(H,25,27,28)/t15-,16-,20?/m0/s1. The fourth-order valence-electron chi connectivity index (χ4n) is 4.72. The number of carbonyl (C=O) groups is 1. The first-order valence-corrected chi connectivity index (χ1v) is 13.4. The summed E-state index contributed by atoms with van der Waals surface area (Å²) in [6.07, 6.45) is 1.96. The summed E-state index contributed by atoms with van der Waals surface area (Å²) >= 11 is 0. The number of hydrogen-bond donors (Lipinski definition) is 4. The van der Waals surface area contributed by atoms with Crippen LogP contribution in [0.1, 0.15) is 39.5 Å². The van der Waals surface area contributed by atoms with Crippen molar-refractivity contribution in [2.75, 3.05) is 23.3 Å². The predicted octanol–water partition coefficient (Wildman–Crippen LogP) is 1.85. The van der Waals surface area contributed by atoms with E-state index in [1.54, 1.807) is 32.2 Å². The van der Waals surface area contributed by atoms with Gasteiger partial charge in [-0.1, -0.05) is 0 Å². The van der Waals surface area contributed by atoms with Crippen molar-refractivity contribution in [3.8, 4) is 5.75 Å². The number of carbonyl (C=O) groups excluding carboxylic acids is 1. The van der Waals surface area contributed by atoms with Crippen molar-refractivity contribution in [1.82, 2.24) is 20.0 Å². The van der Waals surface area contributed by atoms with E-state index in [-0.39, 0.29) is 36.1 Å². The zero-order valence-electron chi connectivity index (χ0n) is 20.1. The second-order valence-electron chi connectivity index (χ2n) is 9.69. The fraction of sp³-hybridized carbons (Fsp3) is 0.522. The van der Waals surface area contributed by atoms with E-state index in [0.717, 1.165) is 0 Å². The highest BCUT2D eigenvalue weighted by Crippen LogP contribution is 2.43. The number of amides is 1. The molecule has 6 bridgehead atoms. The first kappa shape index (κ1) is 24.5. The summed E-state index contributed by atoms with van der Waals surface area (Å²) in [6.45, 7) is 4.03. The number of rotatable bonds is 0. The molecule has 4 aliphatic rings. The summed E-state index contributed by atoms with van der Waals surface area (Å²) in [5, 5.41) is 17.0. The van der Waals surface area contributed by atoms with Crippen LogP contribution in [-0.2, 0) is 14.8 Å². The van der Waals surface area contributed by atoms with Crippen molar-refractivity contribution in [1.29, 1.82) is 0 Å². The van der Waals surface area contributed by atoms with Crippen LogP contribution in [0.2, 0.25) is 0 Å². The number of sulfonamides is 1. The molecule has 12 nitrogen and oxygen atoms in total. The van der Waals surface area contributed by atoms with Crippen molar-refractivity contribution >= 4 is 33.6 Å². The van der Waals surface area contributed by atoms with E-state index >= 15 is 0 Å². The van der Waals surface area contributed by atoms with Crippen molar-refractivity contribution < 1.29 is 27.8 Å². The molecule has 2 aromatic rings. The van der Waals surface area contributed by atoms with Gasteiger partial charge in [-0.25, -0.2) is 22.9 Å². The minimum Gasteiger partial charge on any atom is -0.478 e. The van der Waals surface area contributed by atoms with Crippen LogP contribution in [0.4, 0.5) is 22.2 Å². The largest absolute Gasteiger partial charge is 0.478 e. The van der Waals surface area contributed by atoms with Gasteiger partial charge >= 0.3 is 6.09 Å². The van der Waals surface area contributed by atoms with Gasteiger partial charge in [-0.15, -0.1) is 0 Å². The van der Waals surface area contributed by atoms with Gasteiger partial charge in [-0.2, -0.15) is 4.98 Å². The van der Waals surface area contributed by atoms with Crippen molar-refractivity contribution in [3.63, 3.8) is 0 Å². The van der Waals surface area contributed by atoms with E-state index in [0.29, 0.717) is 42.9 Å². The number of hydrogen-bond acceptors (Lipinski definition) is 10. The zero-order valence-corrected chi connectivity index (χ0v) is 20.9. The predicted molar refractivity (Wildman–Crippen MR) is 131 cm³/mol. The summed E-state index contributed by atoms with van der Waals surface area (Å²) in [7, 11) is -3.70. The van der Waals surface area contributed by atoms with Crippen LogP contribution < -0.4 is 25.0 Å². The molecule has 1 aromatic heterocycles. The molecule has 1 amide bonds. The van der Waals surface area contributed by atoms with E-state index in [9.17, 15) is 18.3 Å². The van der Waals surface area contributed by atoms with Crippen molar-refractivity contribution in [3.05, 3.63) is 30.5 Å². The third kappa shape index (κ3) is 4.90. The van der Waals surface area contributed by atoms with Gasteiger partial charge in [0.15, 0.2) is 17.8 Å². The third-order valence-electron chi connectivity index (χ3n) is 6.60. The lowest BCUT2D eigenvalue weighted by molar-refractivity contribution is -0.0463. The Hall–Kier alpha value is -3.16. The molecule has 1 aliphatic carbocycles. The van der Waals surface area contributed by atoms with Crippen LogP contribution in [0.25, 0.3) is 0 Å². The molecule has 36 heavy (non-hydrogen) atoms. The highest BCUT2D eigenvalue weighted by molar-refractivity contribution is 7.89. The van der Waals surface area contributed by atoms with Crippen LogP contribution in [-0.4, -0.2) is 66.6 Å². The fourth-order valence-corrected chi connectivity index (χ4v) is 5.80. The number of nitrogens with zero attached hydrogens (tertiary/aromatic N) is 3. The van der Waals surface area contributed by atoms with Gasteiger partial charge in [-0.05, 0) is 57.4 Å². The Morgan fingerprint density at radius 3 is 2.72 bits per heavy atom. The maximum atomic E-state index is 12.6. The number of fused-ring (bicyclic) bond motifs is 9. The molecule has 4 N–H and O–H groups in total. The Morgan fingerprint density at radius 1 is 1.17 bits per heavy atom. The normalized spacial score (nSPS) is 27.2. The number of anilines is 3. The molecular formula is C23H30N6O6S. The Morgan fingerprint density at radius 2 is 1.94 bits per heavy atom. The number of aromatic nitrogens is 2. The van der Waals surface area contributed by atoms with E-state index in [1.165, 1.54) is 12.1 Å². The van der Waals surface area contributed by atoms with Gasteiger partial charge < -0.3 is 30.1 Å². The van der Waals surface area contributed by atoms with E-state index in [4.69, 9.17) is 9.47 Å². The second kappa shape index (κ2) is 9.37. The summed E-state index contributed by atoms with van der Waals surface area (Å²) in [4.78, 5) is 23.2. The van der Waals surface area contributed by atoms with Gasteiger partial charge in [0.05, 0.1) is 11.1 Å². The minimum atomic E-state index is -3.70. The number of nitrogens with one attached hydrogen (secondary N) is 3. The lowest BCUT2D eigenvalue weighted by Gasteiger charge is -2.46. The van der Waals surface area contributed by atoms with Gasteiger partial charge in [0.2, 0.25) is 16.0 Å². The summed E-state index contributed by atoms with van der Waals surface area (Å²) in [6, 6.07) is 6.10. The molecule has 4 heterocycles. The molecule has 1 unspecified atom stereocenters. The lowest BCUT2D eigenvalue weighted by atomic mass is 10.0. The first-order valence-electron chi connectivity index (χ1n) is 12.0. The number of aliphatic hydroxyl groups is 1. The van der Waals surface area contributed by atoms with E-state index in [1.807, 2.05) is 4.90 Å². The summed E-state index contributed by atoms with van der Waals surface area (Å²) in [5.74, 6) is 1.14. The summed E-state index contributed by atoms with van der Waals surface area (Å²) in [5.41, 5.74) is -0.311. The Bertz CT molecular complexity index is 1240. The van der Waals surface area contributed by atoms with Gasteiger partial charge in [0.1, 0.15) is 11.7 Å². The third-order valence-corrected chi connectivity index (χ3v) is 8.08. The van der Waals surface area contributed by atoms with Crippen molar-refractivity contribution in [2.24, 2.45) is 0 Å². The Balaban J connectivity index is 1.50. The topological polar surface area (TPSA) is 155 Å². The second-order valence-corrected chi connectivity index (χ2v) is 11.5. The van der Waals surface area contributed by atoms with E-state index < -0.39 is 27.9 Å². The van der Waals surface area contributed by atoms with Gasteiger partial charge in [0.25, 0.3) is 0 Å². The van der Waals surface area contributed by atoms with E-state index in [2.05, 4.69) is 25.3 Å². The van der Waals surface area contributed by atoms with Crippen LogP contribution in [0.15, 0.2) is 35.4 Å². The molecule has 1 fully saturated rings. The molecule has 0 spiro atoms. The van der Waals surface area contributed by atoms with Crippen molar-refractivity contribution in [2.45, 2.75) is 68.4 Å². The van der Waals surface area contributed by atoms with Crippen LogP contribution in [0.3, 0.4) is 0 Å². The SMILES string of the molecule is CC1(C)Oc2cnc3nc2N(C1O)[C@H]1CC[C@@H](C1)OC(=O)NCCCNS(=O)(=O)c1ccc(cc1)N3. The lowest BCUT2D eigenvalue weighted by Crippen LogP contribution is -2.59. The highest BCUT2D eigenvalue weighted by Gasteiger charge is 2.47. The average molecular weight is 519 g/mol. The monoisotopic (exact) mass is 518 g/mol. The molecule has 3 aliphatic heterocycles. The quantitative estimate of drug-likeness (QED) is 0.406. The molecule has 0 saturated heterocycles. The smallest absolute Gasteiger partial charge is 0.407 e.